The van der Waals surface area contributed by atoms with E-state index in [1.165, 1.54) is 5.56 Å². The van der Waals surface area contributed by atoms with Crippen LogP contribution in [0.3, 0.4) is 0 Å². The molecule has 1 fully saturated rings. The van der Waals surface area contributed by atoms with Crippen LogP contribution < -0.4 is 0 Å². The Labute approximate surface area is 172 Å². The SMILES string of the molecule is C[C@@H]1OC(=O)[C@@H](C)COC[C@H](OCOCc2ccccc2)[C@H]1Cc1ccccc1. The standard InChI is InChI=1S/C24H30O5/c1-18-14-26-16-23(28-17-27-15-21-11-7-4-8-12-21)22(19(2)29-24(18)25)13-20-9-5-3-6-10-20/h3-12,18-19,22-23H,13-17H2,1-2H3/t18-,19-,22-,23-/m0/s1. The Kier molecular flexibility index (Phi) is 8.23. The minimum absolute atomic E-state index is 0.0352. The minimum atomic E-state index is -0.289. The van der Waals surface area contributed by atoms with Crippen LogP contribution in [0.15, 0.2) is 60.7 Å². The van der Waals surface area contributed by atoms with E-state index in [9.17, 15) is 4.79 Å². The third-order valence-corrected chi connectivity index (χ3v) is 5.23. The van der Waals surface area contributed by atoms with Crippen LogP contribution in [-0.2, 0) is 36.8 Å². The first-order valence-electron chi connectivity index (χ1n) is 10.2. The van der Waals surface area contributed by atoms with Gasteiger partial charge in [0.05, 0.1) is 31.8 Å². The fraction of sp³-hybridized carbons (Fsp3) is 0.458. The smallest absolute Gasteiger partial charge is 0.311 e. The Hall–Kier alpha value is -2.21. The molecular weight excluding hydrogens is 368 g/mol. The summed E-state index contributed by atoms with van der Waals surface area (Å²) in [6.45, 7) is 5.13. The van der Waals surface area contributed by atoms with E-state index in [0.717, 1.165) is 12.0 Å². The Morgan fingerprint density at radius 3 is 2.28 bits per heavy atom. The molecule has 4 atom stereocenters. The molecule has 1 aliphatic heterocycles. The molecule has 0 spiro atoms. The van der Waals surface area contributed by atoms with Crippen molar-refractivity contribution in [2.75, 3.05) is 20.0 Å². The van der Waals surface area contributed by atoms with Gasteiger partial charge in [-0.15, -0.1) is 0 Å². The van der Waals surface area contributed by atoms with Crippen LogP contribution in [0.25, 0.3) is 0 Å². The molecule has 1 aliphatic rings. The Morgan fingerprint density at radius 2 is 1.59 bits per heavy atom. The predicted octanol–water partition coefficient (Wildman–Crippen LogP) is 4.00. The molecule has 5 nitrogen and oxygen atoms in total. The number of hydrogen-bond donors (Lipinski definition) is 0. The summed E-state index contributed by atoms with van der Waals surface area (Å²) in [4.78, 5) is 12.3. The van der Waals surface area contributed by atoms with E-state index in [2.05, 4.69) is 12.1 Å². The molecule has 0 aliphatic carbocycles. The third-order valence-electron chi connectivity index (χ3n) is 5.23. The van der Waals surface area contributed by atoms with E-state index < -0.39 is 0 Å². The zero-order valence-corrected chi connectivity index (χ0v) is 17.2. The first kappa shape index (κ1) is 21.5. The average molecular weight is 398 g/mol. The summed E-state index contributed by atoms with van der Waals surface area (Å²) in [5, 5.41) is 0. The van der Waals surface area contributed by atoms with Crippen molar-refractivity contribution in [2.45, 2.75) is 39.1 Å². The molecule has 2 aromatic rings. The van der Waals surface area contributed by atoms with Gasteiger partial charge in [0.15, 0.2) is 0 Å². The highest BCUT2D eigenvalue weighted by Gasteiger charge is 2.33. The highest BCUT2D eigenvalue weighted by atomic mass is 16.7. The fourth-order valence-electron chi connectivity index (χ4n) is 3.47. The highest BCUT2D eigenvalue weighted by molar-refractivity contribution is 5.72. The maximum Gasteiger partial charge on any atom is 0.311 e. The van der Waals surface area contributed by atoms with Crippen LogP contribution >= 0.6 is 0 Å². The molecule has 1 heterocycles. The monoisotopic (exact) mass is 398 g/mol. The molecule has 0 aromatic heterocycles. The van der Waals surface area contributed by atoms with Crippen LogP contribution in [-0.4, -0.2) is 38.2 Å². The van der Waals surface area contributed by atoms with Crippen molar-refractivity contribution in [3.8, 4) is 0 Å². The summed E-state index contributed by atoms with van der Waals surface area (Å²) >= 11 is 0. The van der Waals surface area contributed by atoms with Crippen molar-refractivity contribution in [3.05, 3.63) is 71.8 Å². The number of cyclic esters (lactones) is 1. The molecule has 0 amide bonds. The van der Waals surface area contributed by atoms with Gasteiger partial charge in [0, 0.05) is 5.92 Å². The van der Waals surface area contributed by atoms with Gasteiger partial charge >= 0.3 is 5.97 Å². The van der Waals surface area contributed by atoms with Crippen LogP contribution in [0.1, 0.15) is 25.0 Å². The van der Waals surface area contributed by atoms with Gasteiger partial charge in [0.25, 0.3) is 0 Å². The molecule has 29 heavy (non-hydrogen) atoms. The molecule has 0 unspecified atom stereocenters. The van der Waals surface area contributed by atoms with Gasteiger partial charge in [-0.25, -0.2) is 0 Å². The summed E-state index contributed by atoms with van der Waals surface area (Å²) in [6.07, 6.45) is 0.209. The lowest BCUT2D eigenvalue weighted by atomic mass is 9.89. The van der Waals surface area contributed by atoms with Gasteiger partial charge in [0.1, 0.15) is 12.9 Å². The number of ether oxygens (including phenoxy) is 4. The topological polar surface area (TPSA) is 54.0 Å². The number of benzene rings is 2. The summed E-state index contributed by atoms with van der Waals surface area (Å²) in [5.41, 5.74) is 2.27. The summed E-state index contributed by atoms with van der Waals surface area (Å²) in [5.74, 6) is -0.550. The van der Waals surface area contributed by atoms with Crippen LogP contribution in [0.2, 0.25) is 0 Å². The van der Waals surface area contributed by atoms with Crippen molar-refractivity contribution in [3.63, 3.8) is 0 Å². The van der Waals surface area contributed by atoms with E-state index in [1.54, 1.807) is 0 Å². The van der Waals surface area contributed by atoms with Gasteiger partial charge in [-0.3, -0.25) is 4.79 Å². The lowest BCUT2D eigenvalue weighted by Crippen LogP contribution is -2.39. The zero-order valence-electron chi connectivity index (χ0n) is 17.2. The van der Waals surface area contributed by atoms with Gasteiger partial charge in [0.2, 0.25) is 0 Å². The number of rotatable bonds is 7. The highest BCUT2D eigenvalue weighted by Crippen LogP contribution is 2.24. The Bertz CT molecular complexity index is 733. The largest absolute Gasteiger partial charge is 0.462 e. The maximum atomic E-state index is 12.3. The van der Waals surface area contributed by atoms with Crippen LogP contribution in [0, 0.1) is 11.8 Å². The maximum absolute atomic E-state index is 12.3. The molecule has 0 saturated carbocycles. The van der Waals surface area contributed by atoms with Gasteiger partial charge < -0.3 is 18.9 Å². The molecule has 0 N–H and O–H groups in total. The first-order chi connectivity index (χ1) is 14.1. The van der Waals surface area contributed by atoms with Crippen molar-refractivity contribution in [1.82, 2.24) is 0 Å². The summed E-state index contributed by atoms with van der Waals surface area (Å²) in [7, 11) is 0. The first-order valence-corrected chi connectivity index (χ1v) is 10.2. The summed E-state index contributed by atoms with van der Waals surface area (Å²) in [6, 6.07) is 20.2. The zero-order chi connectivity index (χ0) is 20.5. The van der Waals surface area contributed by atoms with E-state index in [1.807, 2.05) is 62.4 Å². The van der Waals surface area contributed by atoms with Crippen molar-refractivity contribution in [2.24, 2.45) is 11.8 Å². The average Bonchev–Trinajstić information content (AvgIpc) is 2.78. The van der Waals surface area contributed by atoms with Gasteiger partial charge in [-0.05, 0) is 31.4 Å². The van der Waals surface area contributed by atoms with E-state index in [4.69, 9.17) is 18.9 Å². The molecule has 0 bridgehead atoms. The molecular formula is C24H30O5. The predicted molar refractivity (Wildman–Crippen MR) is 110 cm³/mol. The second-order valence-corrected chi connectivity index (χ2v) is 7.59. The quantitative estimate of drug-likeness (QED) is 0.401. The molecule has 156 valence electrons. The molecule has 2 aromatic carbocycles. The van der Waals surface area contributed by atoms with Gasteiger partial charge in [-0.2, -0.15) is 0 Å². The van der Waals surface area contributed by atoms with Crippen molar-refractivity contribution < 1.29 is 23.7 Å². The number of carbonyl (C=O) groups is 1. The summed E-state index contributed by atoms with van der Waals surface area (Å²) < 4.78 is 23.3. The molecule has 1 saturated heterocycles. The second-order valence-electron chi connectivity index (χ2n) is 7.59. The number of esters is 1. The Morgan fingerprint density at radius 1 is 0.931 bits per heavy atom. The van der Waals surface area contributed by atoms with E-state index in [-0.39, 0.29) is 36.8 Å². The second kappa shape index (κ2) is 11.1. The van der Waals surface area contributed by atoms with Crippen molar-refractivity contribution in [1.29, 1.82) is 0 Å². The number of hydrogen-bond acceptors (Lipinski definition) is 5. The van der Waals surface area contributed by atoms with E-state index in [0.29, 0.717) is 19.8 Å². The Balaban J connectivity index is 1.65. The lowest BCUT2D eigenvalue weighted by Gasteiger charge is -2.30. The van der Waals surface area contributed by atoms with Gasteiger partial charge in [-0.1, -0.05) is 60.7 Å². The molecule has 3 rings (SSSR count). The third kappa shape index (κ3) is 6.67. The minimum Gasteiger partial charge on any atom is -0.462 e. The normalized spacial score (nSPS) is 25.5. The lowest BCUT2D eigenvalue weighted by molar-refractivity contribution is -0.161. The fourth-order valence-corrected chi connectivity index (χ4v) is 3.47. The van der Waals surface area contributed by atoms with Crippen molar-refractivity contribution >= 4 is 5.97 Å². The number of carbonyl (C=O) groups excluding carboxylic acids is 1. The van der Waals surface area contributed by atoms with E-state index >= 15 is 0 Å². The van der Waals surface area contributed by atoms with Crippen LogP contribution in [0.4, 0.5) is 0 Å². The molecule has 0 radical (unpaired) electrons. The molecule has 5 heteroatoms. The van der Waals surface area contributed by atoms with Crippen LogP contribution in [0.5, 0.6) is 0 Å².